The van der Waals surface area contributed by atoms with Gasteiger partial charge >= 0.3 is 0 Å². The largest absolute Gasteiger partial charge is 0.330 e. The van der Waals surface area contributed by atoms with Crippen LogP contribution < -0.4 is 16.0 Å². The lowest BCUT2D eigenvalue weighted by molar-refractivity contribution is 0.524. The van der Waals surface area contributed by atoms with Crippen molar-refractivity contribution in [2.24, 2.45) is 5.73 Å². The Balaban J connectivity index is 1.92. The van der Waals surface area contributed by atoms with E-state index >= 15 is 0 Å². The minimum Gasteiger partial charge on any atom is -0.330 e. The van der Waals surface area contributed by atoms with Crippen LogP contribution in [0.4, 0.5) is 11.6 Å². The number of nitrogens with two attached hydrogens (primary N) is 1. The Kier molecular flexibility index (Phi) is 4.57. The molecule has 0 fully saturated rings. The van der Waals surface area contributed by atoms with Crippen LogP contribution in [-0.4, -0.2) is 22.6 Å². The predicted octanol–water partition coefficient (Wildman–Crippen LogP) is 2.84. The van der Waals surface area contributed by atoms with Crippen molar-refractivity contribution in [2.75, 3.05) is 16.8 Å². The Morgan fingerprint density at radius 1 is 1.39 bits per heavy atom. The molecule has 1 unspecified atom stereocenters. The van der Waals surface area contributed by atoms with E-state index in [1.807, 2.05) is 25.1 Å². The summed E-state index contributed by atoms with van der Waals surface area (Å²) in [6.07, 6.45) is 4.76. The van der Waals surface area contributed by atoms with Crippen LogP contribution in [0.2, 0.25) is 0 Å². The lowest BCUT2D eigenvalue weighted by Gasteiger charge is -2.39. The summed E-state index contributed by atoms with van der Waals surface area (Å²) in [5.41, 5.74) is 8.08. The summed E-state index contributed by atoms with van der Waals surface area (Å²) in [7, 11) is 0. The van der Waals surface area contributed by atoms with Gasteiger partial charge in [0.2, 0.25) is 0 Å². The monoisotopic (exact) mass is 309 g/mol. The van der Waals surface area contributed by atoms with Gasteiger partial charge in [0.25, 0.3) is 0 Å². The summed E-state index contributed by atoms with van der Waals surface area (Å²) in [5.74, 6) is 2.56. The topological polar surface area (TPSA) is 67.1 Å². The third-order valence-corrected chi connectivity index (χ3v) is 4.16. The lowest BCUT2D eigenvalue weighted by Crippen LogP contribution is -2.42. The number of rotatable bonds is 5. The van der Waals surface area contributed by atoms with Gasteiger partial charge in [-0.25, -0.2) is 9.97 Å². The maximum Gasteiger partial charge on any atom is 0.137 e. The molecule has 1 aliphatic rings. The number of anilines is 2. The van der Waals surface area contributed by atoms with Crippen molar-refractivity contribution in [2.45, 2.75) is 32.2 Å². The highest BCUT2D eigenvalue weighted by molar-refractivity contribution is 5.59. The van der Waals surface area contributed by atoms with Gasteiger partial charge in [0.05, 0.1) is 0 Å². The fraction of sp³-hybridized carbons (Fsp3) is 0.333. The number of fused-ring (bicyclic) bond motifs is 1. The maximum atomic E-state index is 5.81. The van der Waals surface area contributed by atoms with Crippen molar-refractivity contribution in [1.82, 2.24) is 9.97 Å². The van der Waals surface area contributed by atoms with Crippen LogP contribution in [0.25, 0.3) is 0 Å². The molecule has 3 heterocycles. The lowest BCUT2D eigenvalue weighted by atomic mass is 9.96. The first kappa shape index (κ1) is 15.5. The van der Waals surface area contributed by atoms with Crippen LogP contribution >= 0.6 is 0 Å². The molecule has 5 nitrogen and oxygen atoms in total. The second kappa shape index (κ2) is 6.79. The molecule has 120 valence electrons. The van der Waals surface area contributed by atoms with Crippen molar-refractivity contribution < 1.29 is 0 Å². The number of aromatic nitrogens is 2. The van der Waals surface area contributed by atoms with E-state index in [2.05, 4.69) is 33.9 Å². The number of pyridine rings is 2. The molecule has 2 aromatic rings. The molecule has 2 aromatic heterocycles. The highest BCUT2D eigenvalue weighted by Crippen LogP contribution is 2.33. The number of aryl methyl sites for hydroxylation is 2. The molecule has 0 aromatic carbocycles. The van der Waals surface area contributed by atoms with Crippen LogP contribution in [0.5, 0.6) is 0 Å². The van der Waals surface area contributed by atoms with Crippen LogP contribution in [-0.2, 0) is 6.42 Å². The Morgan fingerprint density at radius 2 is 2.26 bits per heavy atom. The van der Waals surface area contributed by atoms with Crippen molar-refractivity contribution in [3.8, 4) is 0 Å². The smallest absolute Gasteiger partial charge is 0.137 e. The highest BCUT2D eigenvalue weighted by atomic mass is 15.3. The second-order valence-electron chi connectivity index (χ2n) is 5.86. The Morgan fingerprint density at radius 3 is 3.00 bits per heavy atom. The van der Waals surface area contributed by atoms with Crippen molar-refractivity contribution in [3.05, 3.63) is 60.2 Å². The van der Waals surface area contributed by atoms with Gasteiger partial charge < -0.3 is 16.0 Å². The number of nitrogens with one attached hydrogen (secondary N) is 1. The summed E-state index contributed by atoms with van der Waals surface area (Å²) >= 11 is 0. The van der Waals surface area contributed by atoms with Crippen LogP contribution in [0.3, 0.4) is 0 Å². The standard InChI is InChI=1S/C18H23N5/c1-13-6-7-15-8-9-16(10-11-19)23(18(15)21-13)14(2)22-17-5-3-4-12-20-17/h3-7,12,16H,2,8-11,19H2,1H3,(H,20,22). The molecule has 0 saturated carbocycles. The highest BCUT2D eigenvalue weighted by Gasteiger charge is 2.29. The number of hydrogen-bond acceptors (Lipinski definition) is 5. The zero-order chi connectivity index (χ0) is 16.2. The van der Waals surface area contributed by atoms with E-state index in [1.165, 1.54) is 5.56 Å². The summed E-state index contributed by atoms with van der Waals surface area (Å²) in [6, 6.07) is 10.3. The molecule has 1 atom stereocenters. The van der Waals surface area contributed by atoms with E-state index in [-0.39, 0.29) is 0 Å². The Labute approximate surface area is 137 Å². The van der Waals surface area contributed by atoms with Crippen LogP contribution in [0.15, 0.2) is 48.9 Å². The molecule has 3 N–H and O–H groups in total. The first-order chi connectivity index (χ1) is 11.2. The number of nitrogens with zero attached hydrogens (tertiary/aromatic N) is 3. The minimum absolute atomic E-state index is 0.311. The summed E-state index contributed by atoms with van der Waals surface area (Å²) in [5, 5.41) is 3.30. The Bertz CT molecular complexity index is 683. The van der Waals surface area contributed by atoms with Gasteiger partial charge in [0.1, 0.15) is 17.5 Å². The van der Waals surface area contributed by atoms with E-state index in [9.17, 15) is 0 Å². The van der Waals surface area contributed by atoms with Gasteiger partial charge in [-0.1, -0.05) is 18.7 Å². The maximum absolute atomic E-state index is 5.81. The molecule has 0 bridgehead atoms. The SMILES string of the molecule is C=C(Nc1ccccn1)N1c2nc(C)ccc2CCC1CCN. The predicted molar refractivity (Wildman–Crippen MR) is 94.2 cm³/mol. The molecular weight excluding hydrogens is 286 g/mol. The molecule has 0 amide bonds. The quantitative estimate of drug-likeness (QED) is 0.889. The molecule has 0 aliphatic carbocycles. The van der Waals surface area contributed by atoms with Gasteiger partial charge in [-0.3, -0.25) is 0 Å². The van der Waals surface area contributed by atoms with E-state index < -0.39 is 0 Å². The van der Waals surface area contributed by atoms with Crippen LogP contribution in [0.1, 0.15) is 24.1 Å². The first-order valence-corrected chi connectivity index (χ1v) is 8.02. The van der Waals surface area contributed by atoms with Gasteiger partial charge in [0, 0.05) is 17.9 Å². The van der Waals surface area contributed by atoms with E-state index in [0.717, 1.165) is 42.4 Å². The van der Waals surface area contributed by atoms with E-state index in [1.54, 1.807) is 6.20 Å². The first-order valence-electron chi connectivity index (χ1n) is 8.02. The fourth-order valence-corrected chi connectivity index (χ4v) is 3.06. The fourth-order valence-electron chi connectivity index (χ4n) is 3.06. The zero-order valence-electron chi connectivity index (χ0n) is 13.5. The second-order valence-corrected chi connectivity index (χ2v) is 5.86. The normalized spacial score (nSPS) is 16.8. The average Bonchev–Trinajstić information content (AvgIpc) is 2.55. The van der Waals surface area contributed by atoms with Gasteiger partial charge in [-0.05, 0) is 56.5 Å². The molecule has 5 heteroatoms. The molecular formula is C18H23N5. The van der Waals surface area contributed by atoms with Crippen molar-refractivity contribution in [1.29, 1.82) is 0 Å². The minimum atomic E-state index is 0.311. The van der Waals surface area contributed by atoms with E-state index in [0.29, 0.717) is 12.6 Å². The third kappa shape index (κ3) is 3.35. The molecule has 0 spiro atoms. The van der Waals surface area contributed by atoms with Crippen LogP contribution in [0, 0.1) is 6.92 Å². The average molecular weight is 309 g/mol. The van der Waals surface area contributed by atoms with Gasteiger partial charge in [-0.15, -0.1) is 0 Å². The van der Waals surface area contributed by atoms with E-state index in [4.69, 9.17) is 10.7 Å². The molecule has 23 heavy (non-hydrogen) atoms. The summed E-state index contributed by atoms with van der Waals surface area (Å²) in [6.45, 7) is 6.89. The van der Waals surface area contributed by atoms with Crippen molar-refractivity contribution >= 4 is 11.6 Å². The van der Waals surface area contributed by atoms with Crippen molar-refractivity contribution in [3.63, 3.8) is 0 Å². The molecule has 3 rings (SSSR count). The van der Waals surface area contributed by atoms with Gasteiger partial charge in [-0.2, -0.15) is 0 Å². The zero-order valence-corrected chi connectivity index (χ0v) is 13.5. The number of hydrogen-bond donors (Lipinski definition) is 2. The van der Waals surface area contributed by atoms with Gasteiger partial charge in [0.15, 0.2) is 0 Å². The molecule has 1 aliphatic heterocycles. The summed E-state index contributed by atoms with van der Waals surface area (Å²) in [4.78, 5) is 11.3. The third-order valence-electron chi connectivity index (χ3n) is 4.16. The molecule has 0 radical (unpaired) electrons. The Hall–Kier alpha value is -2.40. The summed E-state index contributed by atoms with van der Waals surface area (Å²) < 4.78 is 0. The molecule has 0 saturated heterocycles.